The highest BCUT2D eigenvalue weighted by molar-refractivity contribution is 7.99. The van der Waals surface area contributed by atoms with Crippen LogP contribution in [0.1, 0.15) is 47.7 Å². The van der Waals surface area contributed by atoms with Crippen molar-refractivity contribution in [3.63, 3.8) is 0 Å². The Balaban J connectivity index is 1.18. The summed E-state index contributed by atoms with van der Waals surface area (Å²) in [6.07, 6.45) is 9.46. The molecular formula is C29H36N2O2S. The predicted molar refractivity (Wildman–Crippen MR) is 145 cm³/mol. The zero-order valence-corrected chi connectivity index (χ0v) is 21.1. The number of fused-ring (bicyclic) bond motifs is 1. The summed E-state index contributed by atoms with van der Waals surface area (Å²) < 4.78 is 6.02. The summed E-state index contributed by atoms with van der Waals surface area (Å²) >= 11 is 1.78. The van der Waals surface area contributed by atoms with Gasteiger partial charge in [-0.2, -0.15) is 0 Å². The quantitative estimate of drug-likeness (QED) is 0.222. The molecule has 4 rings (SSSR count). The number of aldehydes is 1. The van der Waals surface area contributed by atoms with E-state index in [1.165, 1.54) is 11.1 Å². The molecule has 0 radical (unpaired) electrons. The molecule has 0 atom stereocenters. The van der Waals surface area contributed by atoms with Crippen LogP contribution >= 0.6 is 11.8 Å². The molecule has 1 fully saturated rings. The Labute approximate surface area is 208 Å². The van der Waals surface area contributed by atoms with E-state index >= 15 is 0 Å². The summed E-state index contributed by atoms with van der Waals surface area (Å²) in [4.78, 5) is 17.9. The van der Waals surface area contributed by atoms with E-state index < -0.39 is 0 Å². The van der Waals surface area contributed by atoms with Crippen molar-refractivity contribution in [1.82, 2.24) is 4.90 Å². The smallest absolute Gasteiger partial charge is 0.153 e. The van der Waals surface area contributed by atoms with E-state index in [2.05, 4.69) is 71.9 Å². The largest absolute Gasteiger partial charge is 0.494 e. The maximum atomic E-state index is 11.8. The Morgan fingerprint density at radius 2 is 1.94 bits per heavy atom. The summed E-state index contributed by atoms with van der Waals surface area (Å²) in [6, 6.07) is 12.6. The molecule has 0 saturated carbocycles. The van der Waals surface area contributed by atoms with Crippen molar-refractivity contribution < 1.29 is 9.53 Å². The molecule has 0 bridgehead atoms. The van der Waals surface area contributed by atoms with Crippen LogP contribution in [0.3, 0.4) is 0 Å². The highest BCUT2D eigenvalue weighted by Gasteiger charge is 2.20. The normalized spacial score (nSPS) is 15.9. The van der Waals surface area contributed by atoms with Gasteiger partial charge in [0.05, 0.1) is 12.2 Å². The molecule has 1 aliphatic carbocycles. The molecule has 0 spiro atoms. The molecule has 5 heteroatoms. The van der Waals surface area contributed by atoms with E-state index in [-0.39, 0.29) is 0 Å². The number of nitrogens with zero attached hydrogens (tertiary/aromatic N) is 2. The van der Waals surface area contributed by atoms with Crippen LogP contribution in [0.15, 0.2) is 59.5 Å². The first-order valence-corrected chi connectivity index (χ1v) is 13.5. The Kier molecular flexibility index (Phi) is 8.89. The minimum Gasteiger partial charge on any atom is -0.494 e. The van der Waals surface area contributed by atoms with Gasteiger partial charge in [0.15, 0.2) is 6.29 Å². The van der Waals surface area contributed by atoms with Crippen LogP contribution in [-0.4, -0.2) is 56.3 Å². The first kappa shape index (κ1) is 24.6. The van der Waals surface area contributed by atoms with Crippen molar-refractivity contribution in [3.05, 3.63) is 71.3 Å². The van der Waals surface area contributed by atoms with Gasteiger partial charge >= 0.3 is 0 Å². The van der Waals surface area contributed by atoms with Crippen molar-refractivity contribution in [2.24, 2.45) is 0 Å². The van der Waals surface area contributed by atoms with Gasteiger partial charge in [0.2, 0.25) is 0 Å². The maximum Gasteiger partial charge on any atom is 0.153 e. The van der Waals surface area contributed by atoms with Crippen molar-refractivity contribution in [2.75, 3.05) is 50.0 Å². The van der Waals surface area contributed by atoms with Gasteiger partial charge in [-0.3, -0.25) is 9.69 Å². The molecule has 2 aromatic carbocycles. The first-order valence-electron chi connectivity index (χ1n) is 12.5. The second-order valence-electron chi connectivity index (χ2n) is 9.07. The maximum absolute atomic E-state index is 11.8. The van der Waals surface area contributed by atoms with Gasteiger partial charge in [-0.25, -0.2) is 0 Å². The third kappa shape index (κ3) is 6.34. The van der Waals surface area contributed by atoms with Gasteiger partial charge in [0.25, 0.3) is 0 Å². The standard InChI is InChI=1S/C29H36N2O2S/c1-3-19-34-29-8-6-7-28(27(29)22-32)31-16-14-30(15-17-31)13-4-5-18-33-26-12-11-24-10-9-23(2)20-25(24)21-26/h6-12,21-22H,2-5,13-20H2,1H3. The Morgan fingerprint density at radius 1 is 1.09 bits per heavy atom. The van der Waals surface area contributed by atoms with Crippen LogP contribution in [0.2, 0.25) is 0 Å². The van der Waals surface area contributed by atoms with E-state index in [9.17, 15) is 4.79 Å². The van der Waals surface area contributed by atoms with Gasteiger partial charge < -0.3 is 9.64 Å². The lowest BCUT2D eigenvalue weighted by Crippen LogP contribution is -2.47. The molecule has 34 heavy (non-hydrogen) atoms. The number of hydrogen-bond donors (Lipinski definition) is 0. The van der Waals surface area contributed by atoms with Crippen LogP contribution in [0.4, 0.5) is 5.69 Å². The number of carbonyl (C=O) groups is 1. The van der Waals surface area contributed by atoms with Crippen molar-refractivity contribution in [1.29, 1.82) is 0 Å². The lowest BCUT2D eigenvalue weighted by Gasteiger charge is -2.37. The van der Waals surface area contributed by atoms with Crippen molar-refractivity contribution >= 4 is 29.8 Å². The van der Waals surface area contributed by atoms with Gasteiger partial charge in [0.1, 0.15) is 5.75 Å². The Morgan fingerprint density at radius 3 is 2.74 bits per heavy atom. The number of ether oxygens (including phenoxy) is 1. The highest BCUT2D eigenvalue weighted by atomic mass is 32.2. The van der Waals surface area contributed by atoms with Crippen molar-refractivity contribution in [3.8, 4) is 5.75 Å². The van der Waals surface area contributed by atoms with Gasteiger partial charge in [-0.15, -0.1) is 11.8 Å². The molecule has 1 heterocycles. The van der Waals surface area contributed by atoms with Gasteiger partial charge in [-0.1, -0.05) is 43.4 Å². The number of hydrogen-bond acceptors (Lipinski definition) is 5. The molecule has 2 aromatic rings. The van der Waals surface area contributed by atoms with Crippen LogP contribution in [0.25, 0.3) is 6.08 Å². The topological polar surface area (TPSA) is 32.8 Å². The number of carbonyl (C=O) groups excluding carboxylic acids is 1. The third-order valence-corrected chi connectivity index (χ3v) is 7.78. The summed E-state index contributed by atoms with van der Waals surface area (Å²) in [6.45, 7) is 12.1. The minimum atomic E-state index is 0.750. The zero-order chi connectivity index (χ0) is 23.8. The Bertz CT molecular complexity index is 1020. The number of unbranched alkanes of at least 4 members (excludes halogenated alkanes) is 1. The fraction of sp³-hybridized carbons (Fsp3) is 0.414. The van der Waals surface area contributed by atoms with Crippen molar-refractivity contribution in [2.45, 2.75) is 37.5 Å². The minimum absolute atomic E-state index is 0.750. The molecule has 0 amide bonds. The lowest BCUT2D eigenvalue weighted by atomic mass is 9.94. The van der Waals surface area contributed by atoms with Crippen LogP contribution in [0, 0.1) is 0 Å². The molecule has 1 saturated heterocycles. The third-order valence-electron chi connectivity index (χ3n) is 6.50. The molecule has 180 valence electrons. The number of piperazine rings is 1. The summed E-state index contributed by atoms with van der Waals surface area (Å²) in [7, 11) is 0. The molecule has 0 aromatic heterocycles. The molecule has 0 unspecified atom stereocenters. The number of anilines is 1. The molecule has 1 aliphatic heterocycles. The second-order valence-corrected chi connectivity index (χ2v) is 10.2. The molecule has 4 nitrogen and oxygen atoms in total. The molecule has 0 N–H and O–H groups in total. The summed E-state index contributed by atoms with van der Waals surface area (Å²) in [5.41, 5.74) is 5.67. The van der Waals surface area contributed by atoms with Crippen LogP contribution in [-0.2, 0) is 6.42 Å². The van der Waals surface area contributed by atoms with Gasteiger partial charge in [0, 0.05) is 36.8 Å². The lowest BCUT2D eigenvalue weighted by molar-refractivity contribution is 0.112. The van der Waals surface area contributed by atoms with E-state index in [0.717, 1.165) is 105 Å². The highest BCUT2D eigenvalue weighted by Crippen LogP contribution is 2.31. The first-order chi connectivity index (χ1) is 16.7. The average Bonchev–Trinajstić information content (AvgIpc) is 2.87. The van der Waals surface area contributed by atoms with E-state index in [1.54, 1.807) is 11.8 Å². The Hall–Kier alpha value is -2.50. The number of thioether (sulfide) groups is 1. The number of benzene rings is 2. The second kappa shape index (κ2) is 12.3. The number of rotatable bonds is 11. The van der Waals surface area contributed by atoms with Crippen LogP contribution in [0.5, 0.6) is 5.75 Å². The summed E-state index contributed by atoms with van der Waals surface area (Å²) in [5, 5.41) is 0. The predicted octanol–water partition coefficient (Wildman–Crippen LogP) is 6.11. The van der Waals surface area contributed by atoms with E-state index in [0.29, 0.717) is 0 Å². The summed E-state index contributed by atoms with van der Waals surface area (Å²) in [5.74, 6) is 2.00. The van der Waals surface area contributed by atoms with E-state index in [4.69, 9.17) is 4.74 Å². The monoisotopic (exact) mass is 476 g/mol. The molecular weight excluding hydrogens is 440 g/mol. The average molecular weight is 477 g/mol. The fourth-order valence-electron chi connectivity index (χ4n) is 4.60. The SMILES string of the molecule is C=C1C=Cc2ccc(OCCCCN3CCN(c4cccc(SCCC)c4C=O)CC3)cc2C1. The number of allylic oxidation sites excluding steroid dienone is 2. The van der Waals surface area contributed by atoms with Gasteiger partial charge in [-0.05, 0) is 73.4 Å². The molecule has 2 aliphatic rings. The van der Waals surface area contributed by atoms with E-state index in [1.807, 2.05) is 0 Å². The fourth-order valence-corrected chi connectivity index (χ4v) is 5.51. The van der Waals surface area contributed by atoms with Crippen LogP contribution < -0.4 is 9.64 Å². The zero-order valence-electron chi connectivity index (χ0n) is 20.3.